The molecule has 1 amide bonds. The Kier molecular flexibility index (Phi) is 4.50. The number of likely N-dealkylation sites (tertiary alicyclic amines) is 1. The van der Waals surface area contributed by atoms with Crippen molar-refractivity contribution >= 4 is 5.91 Å². The highest BCUT2D eigenvalue weighted by Gasteiger charge is 2.25. The first kappa shape index (κ1) is 14.0. The number of hydrogen-bond donors (Lipinski definition) is 2. The fourth-order valence-corrected chi connectivity index (χ4v) is 2.74. The van der Waals surface area contributed by atoms with Gasteiger partial charge in [0.1, 0.15) is 5.69 Å². The summed E-state index contributed by atoms with van der Waals surface area (Å²) in [6.45, 7) is 5.30. The number of hydrogen-bond acceptors (Lipinski definition) is 4. The van der Waals surface area contributed by atoms with Gasteiger partial charge in [0.2, 0.25) is 0 Å². The van der Waals surface area contributed by atoms with Gasteiger partial charge < -0.3 is 0 Å². The lowest BCUT2D eigenvalue weighted by Crippen LogP contribution is -2.43. The van der Waals surface area contributed by atoms with Crippen LogP contribution >= 0.6 is 0 Å². The van der Waals surface area contributed by atoms with Gasteiger partial charge in [-0.05, 0) is 38.8 Å². The third kappa shape index (κ3) is 3.30. The summed E-state index contributed by atoms with van der Waals surface area (Å²) in [6, 6.07) is 6.62. The first-order valence-corrected chi connectivity index (χ1v) is 6.84. The van der Waals surface area contributed by atoms with E-state index in [0.29, 0.717) is 17.8 Å². The molecule has 1 aliphatic heterocycles. The number of rotatable bonds is 3. The molecule has 0 spiro atoms. The Morgan fingerprint density at radius 3 is 2.74 bits per heavy atom. The van der Waals surface area contributed by atoms with E-state index in [1.165, 1.54) is 19.3 Å². The summed E-state index contributed by atoms with van der Waals surface area (Å²) in [6.07, 6.45) is 3.75. The van der Waals surface area contributed by atoms with Crippen molar-refractivity contribution in [1.29, 1.82) is 0 Å². The van der Waals surface area contributed by atoms with E-state index in [1.54, 1.807) is 6.07 Å². The number of aromatic nitrogens is 1. The zero-order valence-corrected chi connectivity index (χ0v) is 11.6. The molecule has 1 aromatic rings. The van der Waals surface area contributed by atoms with Crippen molar-refractivity contribution in [3.63, 3.8) is 0 Å². The van der Waals surface area contributed by atoms with Crippen molar-refractivity contribution < 1.29 is 4.79 Å². The molecule has 0 bridgehead atoms. The van der Waals surface area contributed by atoms with Crippen molar-refractivity contribution in [2.45, 2.75) is 51.7 Å². The Morgan fingerprint density at radius 1 is 1.42 bits per heavy atom. The fourth-order valence-electron chi connectivity index (χ4n) is 2.74. The molecule has 1 fully saturated rings. The number of nitrogens with one attached hydrogen (secondary N) is 1. The van der Waals surface area contributed by atoms with Gasteiger partial charge in [-0.25, -0.2) is 10.8 Å². The number of nitrogen functional groups attached to an aromatic ring is 1. The van der Waals surface area contributed by atoms with Gasteiger partial charge in [-0.15, -0.1) is 0 Å². The Hall–Kier alpha value is -1.46. The van der Waals surface area contributed by atoms with E-state index in [9.17, 15) is 4.79 Å². The monoisotopic (exact) mass is 262 g/mol. The summed E-state index contributed by atoms with van der Waals surface area (Å²) in [7, 11) is 0. The van der Waals surface area contributed by atoms with E-state index in [1.807, 2.05) is 12.1 Å². The van der Waals surface area contributed by atoms with Gasteiger partial charge in [0.15, 0.2) is 0 Å². The molecule has 1 saturated heterocycles. The summed E-state index contributed by atoms with van der Waals surface area (Å²) in [5.74, 6) is 4.79. The topological polar surface area (TPSA) is 71.2 Å². The fraction of sp³-hybridized carbons (Fsp3) is 0.571. The number of nitrogens with zero attached hydrogens (tertiary/aromatic N) is 2. The first-order chi connectivity index (χ1) is 9.11. The van der Waals surface area contributed by atoms with Crippen LogP contribution in [0.1, 0.15) is 49.3 Å². The third-order valence-electron chi connectivity index (χ3n) is 3.89. The largest absolute Gasteiger partial charge is 0.292 e. The molecule has 1 aromatic heterocycles. The number of amides is 1. The van der Waals surface area contributed by atoms with Gasteiger partial charge in [-0.1, -0.05) is 12.5 Å². The van der Waals surface area contributed by atoms with E-state index in [2.05, 4.69) is 29.2 Å². The smallest absolute Gasteiger partial charge is 0.283 e. The molecule has 5 nitrogen and oxygen atoms in total. The molecule has 1 aliphatic rings. The molecule has 0 aliphatic carbocycles. The van der Waals surface area contributed by atoms with Crippen molar-refractivity contribution in [2.75, 3.05) is 0 Å². The standard InChI is InChI=1S/C14H22N4O/c1-10-5-3-6-11(2)18(10)9-12-7-4-8-13(16-12)14(19)17-15/h4,7-8,10-11H,3,5-6,9,15H2,1-2H3,(H,17,19). The van der Waals surface area contributed by atoms with Crippen molar-refractivity contribution in [2.24, 2.45) is 5.84 Å². The van der Waals surface area contributed by atoms with E-state index in [-0.39, 0.29) is 5.91 Å². The molecule has 0 aromatic carbocycles. The van der Waals surface area contributed by atoms with E-state index in [4.69, 9.17) is 5.84 Å². The Bertz CT molecular complexity index is 439. The van der Waals surface area contributed by atoms with Crippen LogP contribution in [0.3, 0.4) is 0 Å². The van der Waals surface area contributed by atoms with Crippen LogP contribution in [-0.2, 0) is 6.54 Å². The molecule has 3 N–H and O–H groups in total. The number of nitrogens with two attached hydrogens (primary N) is 1. The molecular formula is C14H22N4O. The van der Waals surface area contributed by atoms with Crippen LogP contribution in [0.4, 0.5) is 0 Å². The molecule has 2 rings (SSSR count). The van der Waals surface area contributed by atoms with Gasteiger partial charge in [0, 0.05) is 18.6 Å². The Balaban J connectivity index is 2.12. The molecule has 2 unspecified atom stereocenters. The van der Waals surface area contributed by atoms with Crippen LogP contribution in [0.25, 0.3) is 0 Å². The maximum atomic E-state index is 11.5. The molecule has 2 atom stereocenters. The minimum atomic E-state index is -0.346. The third-order valence-corrected chi connectivity index (χ3v) is 3.89. The molecule has 0 radical (unpaired) electrons. The summed E-state index contributed by atoms with van der Waals surface area (Å²) >= 11 is 0. The summed E-state index contributed by atoms with van der Waals surface area (Å²) in [5, 5.41) is 0. The van der Waals surface area contributed by atoms with Crippen molar-refractivity contribution in [1.82, 2.24) is 15.3 Å². The second-order valence-electron chi connectivity index (χ2n) is 5.29. The average molecular weight is 262 g/mol. The van der Waals surface area contributed by atoms with Gasteiger partial charge in [0.25, 0.3) is 5.91 Å². The Morgan fingerprint density at radius 2 is 2.11 bits per heavy atom. The normalized spacial score (nSPS) is 24.2. The zero-order chi connectivity index (χ0) is 13.8. The van der Waals surface area contributed by atoms with Crippen LogP contribution in [0.5, 0.6) is 0 Å². The molecule has 0 saturated carbocycles. The lowest BCUT2D eigenvalue weighted by atomic mass is 9.97. The van der Waals surface area contributed by atoms with Crippen LogP contribution in [-0.4, -0.2) is 27.9 Å². The van der Waals surface area contributed by atoms with Crippen LogP contribution in [0, 0.1) is 0 Å². The number of piperidine rings is 1. The van der Waals surface area contributed by atoms with Crippen molar-refractivity contribution in [3.05, 3.63) is 29.6 Å². The van der Waals surface area contributed by atoms with Crippen LogP contribution in [0.2, 0.25) is 0 Å². The minimum absolute atomic E-state index is 0.346. The van der Waals surface area contributed by atoms with Crippen molar-refractivity contribution in [3.8, 4) is 0 Å². The molecular weight excluding hydrogens is 240 g/mol. The van der Waals surface area contributed by atoms with E-state index < -0.39 is 0 Å². The predicted molar refractivity (Wildman–Crippen MR) is 74.2 cm³/mol. The van der Waals surface area contributed by atoms with E-state index >= 15 is 0 Å². The minimum Gasteiger partial charge on any atom is -0.292 e. The SMILES string of the molecule is CC1CCCC(C)N1Cc1cccc(C(=O)NN)n1. The quantitative estimate of drug-likeness (QED) is 0.491. The molecule has 5 heteroatoms. The Labute approximate surface area is 114 Å². The lowest BCUT2D eigenvalue weighted by molar-refractivity contribution is 0.0923. The van der Waals surface area contributed by atoms with Gasteiger partial charge in [-0.3, -0.25) is 15.1 Å². The summed E-state index contributed by atoms with van der Waals surface area (Å²) in [5.41, 5.74) is 3.41. The number of pyridine rings is 1. The second-order valence-corrected chi connectivity index (χ2v) is 5.29. The molecule has 104 valence electrons. The van der Waals surface area contributed by atoms with Gasteiger partial charge in [-0.2, -0.15) is 0 Å². The van der Waals surface area contributed by atoms with Crippen LogP contribution < -0.4 is 11.3 Å². The number of carbonyl (C=O) groups is 1. The van der Waals surface area contributed by atoms with Gasteiger partial charge in [0.05, 0.1) is 5.69 Å². The zero-order valence-electron chi connectivity index (χ0n) is 11.6. The van der Waals surface area contributed by atoms with E-state index in [0.717, 1.165) is 12.2 Å². The number of hydrazine groups is 1. The van der Waals surface area contributed by atoms with Gasteiger partial charge >= 0.3 is 0 Å². The number of carbonyl (C=O) groups excluding carboxylic acids is 1. The maximum absolute atomic E-state index is 11.5. The molecule has 2 heterocycles. The second kappa shape index (κ2) is 6.12. The highest BCUT2D eigenvalue weighted by Crippen LogP contribution is 2.24. The maximum Gasteiger partial charge on any atom is 0.283 e. The highest BCUT2D eigenvalue weighted by atomic mass is 16.2. The lowest BCUT2D eigenvalue weighted by Gasteiger charge is -2.38. The highest BCUT2D eigenvalue weighted by molar-refractivity contribution is 5.91. The first-order valence-electron chi connectivity index (χ1n) is 6.84. The summed E-state index contributed by atoms with van der Waals surface area (Å²) in [4.78, 5) is 18.3. The predicted octanol–water partition coefficient (Wildman–Crippen LogP) is 1.45. The summed E-state index contributed by atoms with van der Waals surface area (Å²) < 4.78 is 0. The molecule has 19 heavy (non-hydrogen) atoms. The van der Waals surface area contributed by atoms with Crippen LogP contribution in [0.15, 0.2) is 18.2 Å². The average Bonchev–Trinajstić information content (AvgIpc) is 2.42.